The smallest absolute Gasteiger partial charge is 0.142 e. The predicted octanol–water partition coefficient (Wildman–Crippen LogP) is 4.27. The molecular weight excluding hydrogens is 212 g/mol. The molecule has 1 aromatic carbocycles. The van der Waals surface area contributed by atoms with E-state index in [1.807, 2.05) is 53.7 Å². The summed E-state index contributed by atoms with van der Waals surface area (Å²) < 4.78 is 0. The van der Waals surface area contributed by atoms with Crippen molar-refractivity contribution < 1.29 is 9.90 Å². The fourth-order valence-corrected chi connectivity index (χ4v) is 1.24. The molecule has 96 valence electrons. The van der Waals surface area contributed by atoms with Crippen LogP contribution in [0.15, 0.2) is 18.2 Å². The van der Waals surface area contributed by atoms with E-state index >= 15 is 0 Å². The monoisotopic (exact) mass is 236 g/mol. The molecule has 0 amide bonds. The van der Waals surface area contributed by atoms with Gasteiger partial charge in [-0.1, -0.05) is 33.8 Å². The Hall–Kier alpha value is -1.57. The quantitative estimate of drug-likeness (QED) is 0.615. The topological polar surface area (TPSA) is 37.3 Å². The van der Waals surface area contributed by atoms with Gasteiger partial charge in [0.1, 0.15) is 12.0 Å². The lowest BCUT2D eigenvalue weighted by atomic mass is 10.1. The Balaban J connectivity index is 0. The van der Waals surface area contributed by atoms with E-state index in [2.05, 4.69) is 0 Å². The minimum atomic E-state index is 0.322. The first kappa shape index (κ1) is 17.8. The molecule has 0 aliphatic heterocycles. The molecule has 0 radical (unpaired) electrons. The Morgan fingerprint density at radius 2 is 1.41 bits per heavy atom. The molecule has 2 heteroatoms. The first-order chi connectivity index (χ1) is 8.15. The molecule has 0 aliphatic rings. The van der Waals surface area contributed by atoms with Crippen molar-refractivity contribution in [3.05, 3.63) is 34.9 Å². The third-order valence-corrected chi connectivity index (χ3v) is 1.88. The van der Waals surface area contributed by atoms with Crippen LogP contribution in [0, 0.1) is 13.8 Å². The molecule has 0 bridgehead atoms. The zero-order valence-corrected chi connectivity index (χ0v) is 11.7. The number of carbonyl (C=O) groups is 1. The van der Waals surface area contributed by atoms with E-state index in [0.29, 0.717) is 5.75 Å². The van der Waals surface area contributed by atoms with Crippen LogP contribution in [0.3, 0.4) is 0 Å². The zero-order chi connectivity index (χ0) is 13.8. The zero-order valence-electron chi connectivity index (χ0n) is 11.7. The van der Waals surface area contributed by atoms with Crippen LogP contribution in [0.1, 0.15) is 44.4 Å². The van der Waals surface area contributed by atoms with Gasteiger partial charge in [-0.3, -0.25) is 4.79 Å². The fourth-order valence-electron chi connectivity index (χ4n) is 1.24. The van der Waals surface area contributed by atoms with Gasteiger partial charge in [0.05, 0.1) is 0 Å². The van der Waals surface area contributed by atoms with Gasteiger partial charge < -0.3 is 5.11 Å². The van der Waals surface area contributed by atoms with Crippen molar-refractivity contribution in [1.82, 2.24) is 0 Å². The highest BCUT2D eigenvalue weighted by Gasteiger charge is 2.00. The van der Waals surface area contributed by atoms with Crippen molar-refractivity contribution >= 4 is 12.4 Å². The van der Waals surface area contributed by atoms with Crippen molar-refractivity contribution in [3.8, 4) is 5.75 Å². The molecule has 17 heavy (non-hydrogen) atoms. The maximum absolute atomic E-state index is 10.1. The lowest BCUT2D eigenvalue weighted by Crippen LogP contribution is -1.82. The highest BCUT2D eigenvalue weighted by Crippen LogP contribution is 2.23. The summed E-state index contributed by atoms with van der Waals surface area (Å²) in [6, 6.07) is 3.67. The second kappa shape index (κ2) is 10.9. The second-order valence-corrected chi connectivity index (χ2v) is 3.00. The van der Waals surface area contributed by atoms with Crippen LogP contribution >= 0.6 is 0 Å². The summed E-state index contributed by atoms with van der Waals surface area (Å²) in [5, 5.41) is 9.46. The molecule has 0 heterocycles. The summed E-state index contributed by atoms with van der Waals surface area (Å²) in [7, 11) is 0. The third kappa shape index (κ3) is 6.56. The number of hydrogen-bond donors (Lipinski definition) is 1. The largest absolute Gasteiger partial charge is 0.507 e. The molecule has 2 nitrogen and oxygen atoms in total. The van der Waals surface area contributed by atoms with E-state index in [1.165, 1.54) is 6.08 Å². The van der Waals surface area contributed by atoms with Gasteiger partial charge >= 0.3 is 0 Å². The lowest BCUT2D eigenvalue weighted by molar-refractivity contribution is -0.104. The van der Waals surface area contributed by atoms with E-state index in [-0.39, 0.29) is 0 Å². The van der Waals surface area contributed by atoms with Gasteiger partial charge in [0.2, 0.25) is 0 Å². The van der Waals surface area contributed by atoms with E-state index in [1.54, 1.807) is 6.08 Å². The first-order valence-electron chi connectivity index (χ1n) is 6.07. The van der Waals surface area contributed by atoms with Gasteiger partial charge in [-0.25, -0.2) is 0 Å². The number of phenolic OH excluding ortho intramolecular Hbond substituents is 1. The van der Waals surface area contributed by atoms with Crippen molar-refractivity contribution in [2.24, 2.45) is 0 Å². The second-order valence-electron chi connectivity index (χ2n) is 3.00. The summed E-state index contributed by atoms with van der Waals surface area (Å²) in [6.45, 7) is 11.7. The van der Waals surface area contributed by atoms with Crippen molar-refractivity contribution in [2.75, 3.05) is 0 Å². The van der Waals surface area contributed by atoms with E-state index in [0.717, 1.165) is 23.0 Å². The van der Waals surface area contributed by atoms with Crippen LogP contribution in [-0.4, -0.2) is 11.4 Å². The number of aldehydes is 1. The van der Waals surface area contributed by atoms with Crippen LogP contribution in [0.4, 0.5) is 0 Å². The van der Waals surface area contributed by atoms with Gasteiger partial charge in [0.25, 0.3) is 0 Å². The molecule has 0 saturated carbocycles. The van der Waals surface area contributed by atoms with Crippen LogP contribution < -0.4 is 0 Å². The maximum atomic E-state index is 10.1. The molecule has 1 aromatic rings. The normalized spacial score (nSPS) is 8.82. The van der Waals surface area contributed by atoms with Crippen molar-refractivity contribution in [2.45, 2.75) is 41.5 Å². The Bertz CT molecular complexity index is 329. The maximum Gasteiger partial charge on any atom is 0.142 e. The number of phenols is 1. The van der Waals surface area contributed by atoms with Crippen LogP contribution in [0.25, 0.3) is 6.08 Å². The SMILES string of the molecule is CC.CC.Cc1cc(/C=C/C=O)cc(C)c1O. The molecule has 0 spiro atoms. The highest BCUT2D eigenvalue weighted by molar-refractivity contribution is 5.74. The summed E-state index contributed by atoms with van der Waals surface area (Å²) in [5.74, 6) is 0.322. The van der Waals surface area contributed by atoms with Crippen LogP contribution in [-0.2, 0) is 4.79 Å². The molecule has 0 unspecified atom stereocenters. The van der Waals surface area contributed by atoms with Crippen LogP contribution in [0.2, 0.25) is 0 Å². The number of hydrogen-bond acceptors (Lipinski definition) is 2. The predicted molar refractivity (Wildman–Crippen MR) is 75.4 cm³/mol. The Kier molecular flexibility index (Phi) is 11.5. The van der Waals surface area contributed by atoms with E-state index in [4.69, 9.17) is 0 Å². The molecule has 0 saturated heterocycles. The van der Waals surface area contributed by atoms with Crippen LogP contribution in [0.5, 0.6) is 5.75 Å². The molecule has 1 rings (SSSR count). The van der Waals surface area contributed by atoms with Crippen molar-refractivity contribution in [1.29, 1.82) is 0 Å². The number of aromatic hydroxyl groups is 1. The minimum absolute atomic E-state index is 0.322. The Morgan fingerprint density at radius 1 is 1.00 bits per heavy atom. The van der Waals surface area contributed by atoms with Gasteiger partial charge in [0, 0.05) is 0 Å². The first-order valence-corrected chi connectivity index (χ1v) is 6.07. The molecule has 0 aliphatic carbocycles. The molecule has 0 fully saturated rings. The number of allylic oxidation sites excluding steroid dienone is 1. The average Bonchev–Trinajstić information content (AvgIpc) is 2.38. The molecule has 0 atom stereocenters. The Labute approximate surface area is 105 Å². The summed E-state index contributed by atoms with van der Waals surface area (Å²) >= 11 is 0. The van der Waals surface area contributed by atoms with Gasteiger partial charge in [-0.2, -0.15) is 0 Å². The van der Waals surface area contributed by atoms with E-state index in [9.17, 15) is 9.90 Å². The van der Waals surface area contributed by atoms with Gasteiger partial charge in [0.15, 0.2) is 0 Å². The number of rotatable bonds is 2. The van der Waals surface area contributed by atoms with Gasteiger partial charge in [-0.05, 0) is 48.7 Å². The third-order valence-electron chi connectivity index (χ3n) is 1.88. The number of carbonyl (C=O) groups excluding carboxylic acids is 1. The Morgan fingerprint density at radius 3 is 1.76 bits per heavy atom. The number of aryl methyl sites for hydroxylation is 2. The standard InChI is InChI=1S/C11H12O2.2C2H6/c1-8-6-10(4-3-5-12)7-9(2)11(8)13;2*1-2/h3-7,13H,1-2H3;2*1-2H3/b4-3+;;. The number of benzene rings is 1. The molecule has 1 N–H and O–H groups in total. The van der Waals surface area contributed by atoms with Crippen molar-refractivity contribution in [3.63, 3.8) is 0 Å². The average molecular weight is 236 g/mol. The van der Waals surface area contributed by atoms with E-state index < -0.39 is 0 Å². The summed E-state index contributed by atoms with van der Waals surface area (Å²) in [6.07, 6.45) is 3.88. The van der Waals surface area contributed by atoms with Gasteiger partial charge in [-0.15, -0.1) is 0 Å². The lowest BCUT2D eigenvalue weighted by Gasteiger charge is -2.04. The fraction of sp³-hybridized carbons (Fsp3) is 0.400. The summed E-state index contributed by atoms with van der Waals surface area (Å²) in [4.78, 5) is 10.1. The highest BCUT2D eigenvalue weighted by atomic mass is 16.3. The molecule has 0 aromatic heterocycles. The molecular formula is C15H24O2. The minimum Gasteiger partial charge on any atom is -0.507 e. The summed E-state index contributed by atoms with van der Waals surface area (Å²) in [5.41, 5.74) is 2.58.